The highest BCUT2D eigenvalue weighted by atomic mass is 32.2. The van der Waals surface area contributed by atoms with Crippen molar-refractivity contribution in [2.75, 3.05) is 39.3 Å². The third-order valence-electron chi connectivity index (χ3n) is 7.21. The molecule has 7 nitrogen and oxygen atoms in total. The zero-order valence-corrected chi connectivity index (χ0v) is 21.9. The van der Waals surface area contributed by atoms with Gasteiger partial charge < -0.3 is 4.74 Å². The molecule has 5 rings (SSSR count). The number of ether oxygens (including phenoxy) is 1. The van der Waals surface area contributed by atoms with Crippen LogP contribution in [0.15, 0.2) is 89.8 Å². The van der Waals surface area contributed by atoms with Gasteiger partial charge in [0.25, 0.3) is 0 Å². The molecule has 0 aromatic heterocycles. The zero-order valence-electron chi connectivity index (χ0n) is 21.1. The Bertz CT molecular complexity index is 1310. The largest absolute Gasteiger partial charge is 0.459 e. The van der Waals surface area contributed by atoms with Crippen LogP contribution in [0.25, 0.3) is 11.1 Å². The number of hydrogen-bond acceptors (Lipinski definition) is 6. The molecule has 0 spiro atoms. The van der Waals surface area contributed by atoms with Crippen molar-refractivity contribution in [3.63, 3.8) is 0 Å². The van der Waals surface area contributed by atoms with E-state index in [1.807, 2.05) is 60.7 Å². The maximum absolute atomic E-state index is 13.7. The van der Waals surface area contributed by atoms with Gasteiger partial charge in [0, 0.05) is 58.3 Å². The van der Waals surface area contributed by atoms with Crippen LogP contribution in [-0.4, -0.2) is 79.9 Å². The van der Waals surface area contributed by atoms with E-state index in [2.05, 4.69) is 21.9 Å². The molecule has 2 aliphatic heterocycles. The maximum Gasteiger partial charge on any atom is 0.303 e. The van der Waals surface area contributed by atoms with Gasteiger partial charge in [-0.1, -0.05) is 78.9 Å². The Kier molecular flexibility index (Phi) is 7.71. The minimum Gasteiger partial charge on any atom is -0.459 e. The highest BCUT2D eigenvalue weighted by Gasteiger charge is 2.41. The van der Waals surface area contributed by atoms with Crippen LogP contribution in [0.3, 0.4) is 0 Å². The number of piperazine rings is 1. The summed E-state index contributed by atoms with van der Waals surface area (Å²) in [5.74, 6) is -0.282. The van der Waals surface area contributed by atoms with Crippen molar-refractivity contribution >= 4 is 16.0 Å². The molecule has 0 aliphatic carbocycles. The second-order valence-corrected chi connectivity index (χ2v) is 11.6. The average molecular weight is 520 g/mol. The maximum atomic E-state index is 13.7. The lowest BCUT2D eigenvalue weighted by atomic mass is 10.1. The van der Waals surface area contributed by atoms with Gasteiger partial charge in [-0.2, -0.15) is 4.31 Å². The molecule has 2 fully saturated rings. The van der Waals surface area contributed by atoms with E-state index < -0.39 is 10.0 Å². The second kappa shape index (κ2) is 11.1. The quantitative estimate of drug-likeness (QED) is 0.445. The molecule has 3 aromatic rings. The van der Waals surface area contributed by atoms with Gasteiger partial charge in [0.05, 0.1) is 10.9 Å². The molecule has 2 atom stereocenters. The molecule has 0 saturated carbocycles. The molecule has 0 amide bonds. The van der Waals surface area contributed by atoms with Crippen LogP contribution in [0.5, 0.6) is 0 Å². The molecule has 194 valence electrons. The predicted octanol–water partition coefficient (Wildman–Crippen LogP) is 3.48. The van der Waals surface area contributed by atoms with Crippen LogP contribution in [0, 0.1) is 0 Å². The summed E-state index contributed by atoms with van der Waals surface area (Å²) in [6.45, 7) is 5.66. The lowest BCUT2D eigenvalue weighted by molar-refractivity contribution is -0.148. The van der Waals surface area contributed by atoms with Crippen molar-refractivity contribution in [3.05, 3.63) is 90.5 Å². The van der Waals surface area contributed by atoms with Crippen molar-refractivity contribution in [1.82, 2.24) is 14.1 Å². The number of rotatable bonds is 7. The fourth-order valence-corrected chi connectivity index (χ4v) is 7.08. The number of carbonyl (C=O) groups is 1. The zero-order chi connectivity index (χ0) is 25.8. The monoisotopic (exact) mass is 519 g/mol. The van der Waals surface area contributed by atoms with E-state index >= 15 is 0 Å². The third-order valence-corrected chi connectivity index (χ3v) is 9.17. The number of carbonyl (C=O) groups excluding carboxylic acids is 1. The number of hydrogen-bond donors (Lipinski definition) is 0. The van der Waals surface area contributed by atoms with E-state index in [0.717, 1.165) is 18.7 Å². The Morgan fingerprint density at radius 1 is 0.838 bits per heavy atom. The molecule has 0 bridgehead atoms. The summed E-state index contributed by atoms with van der Waals surface area (Å²) in [5.41, 5.74) is 2.82. The predicted molar refractivity (Wildman–Crippen MR) is 143 cm³/mol. The average Bonchev–Trinajstić information content (AvgIpc) is 3.31. The first-order chi connectivity index (χ1) is 17.9. The molecule has 3 aromatic carbocycles. The SMILES string of the molecule is CC(=O)OC1CN(Cc2ccccc2)CC1N1CCN(S(=O)(=O)c2ccccc2-c2ccccc2)CC1. The van der Waals surface area contributed by atoms with Gasteiger partial charge in [0.1, 0.15) is 6.10 Å². The number of benzene rings is 3. The van der Waals surface area contributed by atoms with E-state index in [0.29, 0.717) is 43.2 Å². The van der Waals surface area contributed by atoms with Crippen molar-refractivity contribution in [2.24, 2.45) is 0 Å². The van der Waals surface area contributed by atoms with Gasteiger partial charge in [-0.05, 0) is 17.2 Å². The van der Waals surface area contributed by atoms with Crippen LogP contribution < -0.4 is 0 Å². The Labute approximate surface area is 219 Å². The Morgan fingerprint density at radius 3 is 2.14 bits per heavy atom. The van der Waals surface area contributed by atoms with Crippen molar-refractivity contribution in [1.29, 1.82) is 0 Å². The molecule has 2 unspecified atom stereocenters. The van der Waals surface area contributed by atoms with E-state index in [9.17, 15) is 13.2 Å². The van der Waals surface area contributed by atoms with Crippen molar-refractivity contribution < 1.29 is 17.9 Å². The number of sulfonamides is 1. The minimum absolute atomic E-state index is 0.0362. The van der Waals surface area contributed by atoms with Gasteiger partial charge in [-0.25, -0.2) is 8.42 Å². The van der Waals surface area contributed by atoms with Crippen LogP contribution in [0.2, 0.25) is 0 Å². The summed E-state index contributed by atoms with van der Waals surface area (Å²) < 4.78 is 34.7. The molecule has 0 radical (unpaired) electrons. The van der Waals surface area contributed by atoms with Gasteiger partial charge >= 0.3 is 5.97 Å². The molecule has 8 heteroatoms. The molecule has 0 N–H and O–H groups in total. The lowest BCUT2D eigenvalue weighted by Gasteiger charge is -2.39. The van der Waals surface area contributed by atoms with Gasteiger partial charge in [0.2, 0.25) is 10.0 Å². The smallest absolute Gasteiger partial charge is 0.303 e. The molecular weight excluding hydrogens is 486 g/mol. The van der Waals surface area contributed by atoms with Gasteiger partial charge in [-0.15, -0.1) is 0 Å². The van der Waals surface area contributed by atoms with E-state index in [-0.39, 0.29) is 18.1 Å². The molecule has 37 heavy (non-hydrogen) atoms. The second-order valence-electron chi connectivity index (χ2n) is 9.70. The summed E-state index contributed by atoms with van der Waals surface area (Å²) in [7, 11) is -3.66. The van der Waals surface area contributed by atoms with Crippen LogP contribution >= 0.6 is 0 Å². The summed E-state index contributed by atoms with van der Waals surface area (Å²) in [6.07, 6.45) is -0.233. The topological polar surface area (TPSA) is 70.2 Å². The number of esters is 1. The first-order valence-electron chi connectivity index (χ1n) is 12.7. The van der Waals surface area contributed by atoms with Crippen molar-refractivity contribution in [2.45, 2.75) is 30.5 Å². The van der Waals surface area contributed by atoms with Crippen LogP contribution in [-0.2, 0) is 26.1 Å². The standard InChI is InChI=1S/C29H33N3O4S/c1-23(33)36-28-22-30(20-24-10-4-2-5-11-24)21-27(28)31-16-18-32(19-17-31)37(34,35)29-15-9-8-14-26(29)25-12-6-3-7-13-25/h2-15,27-28H,16-22H2,1H3. The molecule has 2 saturated heterocycles. The first-order valence-corrected chi connectivity index (χ1v) is 14.2. The summed E-state index contributed by atoms with van der Waals surface area (Å²) in [4.78, 5) is 16.8. The van der Waals surface area contributed by atoms with Gasteiger partial charge in [-0.3, -0.25) is 14.6 Å². The highest BCUT2D eigenvalue weighted by molar-refractivity contribution is 7.89. The molecule has 2 heterocycles. The van der Waals surface area contributed by atoms with Crippen LogP contribution in [0.4, 0.5) is 0 Å². The van der Waals surface area contributed by atoms with E-state index in [4.69, 9.17) is 4.74 Å². The minimum atomic E-state index is -3.66. The summed E-state index contributed by atoms with van der Waals surface area (Å²) in [6, 6.07) is 27.1. The first kappa shape index (κ1) is 25.6. The number of nitrogens with zero attached hydrogens (tertiary/aromatic N) is 3. The van der Waals surface area contributed by atoms with Gasteiger partial charge in [0.15, 0.2) is 0 Å². The fourth-order valence-electron chi connectivity index (χ4n) is 5.45. The number of likely N-dealkylation sites (tertiary alicyclic amines) is 1. The van der Waals surface area contributed by atoms with E-state index in [1.54, 1.807) is 16.4 Å². The van der Waals surface area contributed by atoms with Crippen molar-refractivity contribution in [3.8, 4) is 11.1 Å². The highest BCUT2D eigenvalue weighted by Crippen LogP contribution is 2.30. The fraction of sp³-hybridized carbons (Fsp3) is 0.345. The Balaban J connectivity index is 1.29. The Morgan fingerprint density at radius 2 is 1.46 bits per heavy atom. The molecule has 2 aliphatic rings. The summed E-state index contributed by atoms with van der Waals surface area (Å²) in [5, 5.41) is 0. The third kappa shape index (κ3) is 5.78. The lowest BCUT2D eigenvalue weighted by Crippen LogP contribution is -2.55. The van der Waals surface area contributed by atoms with Crippen LogP contribution in [0.1, 0.15) is 12.5 Å². The molecular formula is C29H33N3O4S. The normalized spacial score (nSPS) is 21.6. The Hall–Kier alpha value is -3.04. The van der Waals surface area contributed by atoms with E-state index in [1.165, 1.54) is 12.5 Å². The summed E-state index contributed by atoms with van der Waals surface area (Å²) >= 11 is 0.